The molecule has 134 valence electrons. The number of halogens is 1. The molecule has 0 saturated carbocycles. The van der Waals surface area contributed by atoms with Crippen molar-refractivity contribution in [1.29, 1.82) is 0 Å². The summed E-state index contributed by atoms with van der Waals surface area (Å²) in [4.78, 5) is 12.7. The van der Waals surface area contributed by atoms with Crippen molar-refractivity contribution in [3.05, 3.63) is 65.2 Å². The third kappa shape index (κ3) is 4.93. The highest BCUT2D eigenvalue weighted by Gasteiger charge is 2.34. The Balaban J connectivity index is 0.00000225. The fourth-order valence-corrected chi connectivity index (χ4v) is 3.84. The summed E-state index contributed by atoms with van der Waals surface area (Å²) < 4.78 is 0.876. The molecule has 1 aliphatic rings. The summed E-state index contributed by atoms with van der Waals surface area (Å²) in [5.41, 5.74) is 4.54. The standard InChI is InChI=1S/C21H26N2O.BrH/c1-17-9-8-10-18(2)21(17)22-20(24)16-23(13-6-7-14-23)15-19-11-4-3-5-12-19;/h3-5,8-12H,6-7,13-16H2,1-2H3;1H. The van der Waals surface area contributed by atoms with Crippen LogP contribution in [0.1, 0.15) is 29.5 Å². The Bertz CT molecular complexity index is 689. The van der Waals surface area contributed by atoms with Crippen LogP contribution in [0, 0.1) is 13.8 Å². The number of nitrogens with one attached hydrogen (secondary N) is 1. The molecule has 25 heavy (non-hydrogen) atoms. The minimum Gasteiger partial charge on any atom is -1.00 e. The van der Waals surface area contributed by atoms with Crippen molar-refractivity contribution in [1.82, 2.24) is 0 Å². The van der Waals surface area contributed by atoms with Crippen molar-refractivity contribution in [2.75, 3.05) is 25.0 Å². The number of rotatable bonds is 5. The van der Waals surface area contributed by atoms with Gasteiger partial charge in [-0.15, -0.1) is 0 Å². The molecule has 1 fully saturated rings. The van der Waals surface area contributed by atoms with Gasteiger partial charge in [0.05, 0.1) is 13.1 Å². The highest BCUT2D eigenvalue weighted by molar-refractivity contribution is 5.93. The van der Waals surface area contributed by atoms with E-state index in [0.717, 1.165) is 40.9 Å². The summed E-state index contributed by atoms with van der Waals surface area (Å²) in [7, 11) is 0. The van der Waals surface area contributed by atoms with Crippen LogP contribution in [0.25, 0.3) is 0 Å². The van der Waals surface area contributed by atoms with Gasteiger partial charge in [-0.2, -0.15) is 0 Å². The van der Waals surface area contributed by atoms with Gasteiger partial charge in [-0.3, -0.25) is 4.79 Å². The van der Waals surface area contributed by atoms with Crippen LogP contribution >= 0.6 is 0 Å². The zero-order valence-electron chi connectivity index (χ0n) is 15.1. The fourth-order valence-electron chi connectivity index (χ4n) is 3.84. The van der Waals surface area contributed by atoms with E-state index in [4.69, 9.17) is 0 Å². The predicted octanol–water partition coefficient (Wildman–Crippen LogP) is 1.06. The quantitative estimate of drug-likeness (QED) is 0.744. The summed E-state index contributed by atoms with van der Waals surface area (Å²) in [6.45, 7) is 7.79. The Labute approximate surface area is 161 Å². The van der Waals surface area contributed by atoms with Crippen molar-refractivity contribution in [3.8, 4) is 0 Å². The number of nitrogens with zero attached hydrogens (tertiary/aromatic N) is 1. The smallest absolute Gasteiger partial charge is 0.279 e. The molecule has 1 amide bonds. The largest absolute Gasteiger partial charge is 1.00 e. The second-order valence-electron chi connectivity index (χ2n) is 7.11. The van der Waals surface area contributed by atoms with E-state index >= 15 is 0 Å². The van der Waals surface area contributed by atoms with E-state index in [-0.39, 0.29) is 22.9 Å². The summed E-state index contributed by atoms with van der Waals surface area (Å²) in [6, 6.07) is 16.7. The molecule has 2 aromatic rings. The second-order valence-corrected chi connectivity index (χ2v) is 7.11. The molecule has 3 nitrogen and oxygen atoms in total. The number of anilines is 1. The monoisotopic (exact) mass is 402 g/mol. The van der Waals surface area contributed by atoms with Crippen LogP contribution in [-0.2, 0) is 11.3 Å². The van der Waals surface area contributed by atoms with Crippen LogP contribution in [-0.4, -0.2) is 30.0 Å². The number of aryl methyl sites for hydroxylation is 2. The summed E-state index contributed by atoms with van der Waals surface area (Å²) >= 11 is 0. The van der Waals surface area contributed by atoms with E-state index in [0.29, 0.717) is 6.54 Å². The Morgan fingerprint density at radius 2 is 1.56 bits per heavy atom. The average Bonchev–Trinajstić information content (AvgIpc) is 3.00. The molecule has 2 aromatic carbocycles. The van der Waals surface area contributed by atoms with Crippen LogP contribution in [0.4, 0.5) is 5.69 Å². The van der Waals surface area contributed by atoms with E-state index in [9.17, 15) is 4.79 Å². The van der Waals surface area contributed by atoms with E-state index in [1.54, 1.807) is 0 Å². The normalized spacial score (nSPS) is 15.4. The summed E-state index contributed by atoms with van der Waals surface area (Å²) in [6.07, 6.45) is 2.42. The molecule has 0 radical (unpaired) electrons. The lowest BCUT2D eigenvalue weighted by Gasteiger charge is -2.33. The number of para-hydroxylation sites is 1. The molecule has 1 aliphatic heterocycles. The Hall–Kier alpha value is -1.65. The van der Waals surface area contributed by atoms with Crippen molar-refractivity contribution in [3.63, 3.8) is 0 Å². The van der Waals surface area contributed by atoms with E-state index in [2.05, 4.69) is 29.6 Å². The molecule has 1 heterocycles. The number of quaternary nitrogens is 1. The lowest BCUT2D eigenvalue weighted by atomic mass is 10.1. The molecular formula is C21H27BrN2O. The van der Waals surface area contributed by atoms with Gasteiger partial charge in [0.1, 0.15) is 6.54 Å². The third-order valence-corrected chi connectivity index (χ3v) is 5.10. The van der Waals surface area contributed by atoms with Crippen LogP contribution in [0.2, 0.25) is 0 Å². The van der Waals surface area contributed by atoms with Gasteiger partial charge in [-0.1, -0.05) is 48.5 Å². The van der Waals surface area contributed by atoms with Crippen LogP contribution in [0.15, 0.2) is 48.5 Å². The van der Waals surface area contributed by atoms with Gasteiger partial charge in [-0.25, -0.2) is 0 Å². The molecule has 1 N–H and O–H groups in total. The number of carbonyl (C=O) groups is 1. The van der Waals surface area contributed by atoms with Gasteiger partial charge in [-0.05, 0) is 25.0 Å². The zero-order chi connectivity index (χ0) is 17.0. The molecule has 1 saturated heterocycles. The minimum atomic E-state index is 0. The minimum absolute atomic E-state index is 0. The first-order valence-corrected chi connectivity index (χ1v) is 8.83. The van der Waals surface area contributed by atoms with E-state index in [1.165, 1.54) is 18.4 Å². The lowest BCUT2D eigenvalue weighted by Crippen LogP contribution is -3.00. The number of likely N-dealkylation sites (tertiary alicyclic amines) is 1. The van der Waals surface area contributed by atoms with E-state index in [1.807, 2.05) is 38.1 Å². The van der Waals surface area contributed by atoms with Crippen molar-refractivity contribution >= 4 is 11.6 Å². The number of amides is 1. The van der Waals surface area contributed by atoms with Crippen LogP contribution < -0.4 is 22.3 Å². The molecule has 0 bridgehead atoms. The molecule has 3 rings (SSSR count). The topological polar surface area (TPSA) is 29.1 Å². The number of hydrogen-bond acceptors (Lipinski definition) is 1. The first kappa shape index (κ1) is 19.7. The van der Waals surface area contributed by atoms with Gasteiger partial charge in [0, 0.05) is 24.1 Å². The maximum absolute atomic E-state index is 12.7. The predicted molar refractivity (Wildman–Crippen MR) is 98.8 cm³/mol. The van der Waals surface area contributed by atoms with Gasteiger partial charge in [0.15, 0.2) is 6.54 Å². The molecule has 0 atom stereocenters. The SMILES string of the molecule is Cc1cccc(C)c1NC(=O)C[N+]1(Cc2ccccc2)CCCC1.[Br-]. The van der Waals surface area contributed by atoms with Crippen molar-refractivity contribution < 1.29 is 26.3 Å². The third-order valence-electron chi connectivity index (χ3n) is 5.10. The molecule has 0 spiro atoms. The van der Waals surface area contributed by atoms with Gasteiger partial charge in [0.25, 0.3) is 5.91 Å². The number of carbonyl (C=O) groups excluding carboxylic acids is 1. The Kier molecular flexibility index (Phi) is 6.79. The molecule has 4 heteroatoms. The second kappa shape index (κ2) is 8.63. The average molecular weight is 403 g/mol. The van der Waals surface area contributed by atoms with Gasteiger partial charge in [0.2, 0.25) is 0 Å². The fraction of sp³-hybridized carbons (Fsp3) is 0.381. The van der Waals surface area contributed by atoms with Crippen LogP contribution in [0.5, 0.6) is 0 Å². The maximum atomic E-state index is 12.7. The van der Waals surface area contributed by atoms with Gasteiger partial charge < -0.3 is 26.8 Å². The van der Waals surface area contributed by atoms with Crippen molar-refractivity contribution in [2.45, 2.75) is 33.2 Å². The zero-order valence-corrected chi connectivity index (χ0v) is 16.7. The first-order chi connectivity index (χ1) is 11.6. The summed E-state index contributed by atoms with van der Waals surface area (Å²) in [5.74, 6) is 0.130. The highest BCUT2D eigenvalue weighted by Crippen LogP contribution is 2.25. The Morgan fingerprint density at radius 1 is 0.960 bits per heavy atom. The highest BCUT2D eigenvalue weighted by atomic mass is 79.9. The molecule has 0 aliphatic carbocycles. The lowest BCUT2D eigenvalue weighted by molar-refractivity contribution is -0.922. The molecule has 0 aromatic heterocycles. The van der Waals surface area contributed by atoms with Gasteiger partial charge >= 0.3 is 0 Å². The number of benzene rings is 2. The Morgan fingerprint density at radius 3 is 2.16 bits per heavy atom. The molecule has 0 unspecified atom stereocenters. The molecular weight excluding hydrogens is 376 g/mol. The first-order valence-electron chi connectivity index (χ1n) is 8.83. The maximum Gasteiger partial charge on any atom is 0.279 e. The number of hydrogen-bond donors (Lipinski definition) is 1. The van der Waals surface area contributed by atoms with Crippen molar-refractivity contribution in [2.24, 2.45) is 0 Å². The summed E-state index contributed by atoms with van der Waals surface area (Å²) in [5, 5.41) is 3.16. The van der Waals surface area contributed by atoms with Crippen LogP contribution in [0.3, 0.4) is 0 Å². The van der Waals surface area contributed by atoms with E-state index < -0.39 is 0 Å².